The third-order valence-electron chi connectivity index (χ3n) is 18.8. The fraction of sp³-hybridized carbons (Fsp3) is 0. The van der Waals surface area contributed by atoms with E-state index in [4.69, 9.17) is 15.0 Å². The highest BCUT2D eigenvalue weighted by Gasteiger charge is 2.26. The van der Waals surface area contributed by atoms with Gasteiger partial charge in [-0.15, -0.1) is 0 Å². The summed E-state index contributed by atoms with van der Waals surface area (Å²) in [6, 6.07) is 120. The monoisotopic (exact) mass is 1250 g/mol. The molecule has 0 bridgehead atoms. The van der Waals surface area contributed by atoms with Gasteiger partial charge in [0.15, 0.2) is 17.5 Å². The lowest BCUT2D eigenvalue weighted by molar-refractivity contribution is 1.06. The second kappa shape index (κ2) is 24.6. The summed E-state index contributed by atoms with van der Waals surface area (Å²) in [4.78, 5) is 17.2. The Balaban J connectivity index is 0.993. The van der Waals surface area contributed by atoms with Crippen LogP contribution in [0.4, 0.5) is 0 Å². The quantitative estimate of drug-likeness (QED) is 0.120. The van der Waals surface area contributed by atoms with Crippen molar-refractivity contribution in [3.05, 3.63) is 344 Å². The van der Waals surface area contributed by atoms with E-state index in [2.05, 4.69) is 234 Å². The second-order valence-electron chi connectivity index (χ2n) is 24.4. The minimum atomic E-state index is 0.354. The summed E-state index contributed by atoms with van der Waals surface area (Å²) < 4.78 is 4.64. The van der Waals surface area contributed by atoms with E-state index in [-0.39, 0.29) is 0 Å². The Labute approximate surface area is 566 Å². The summed E-state index contributed by atoms with van der Waals surface area (Å²) in [5.74, 6) is 1.07. The maximum absolute atomic E-state index is 10.8. The van der Waals surface area contributed by atoms with Crippen molar-refractivity contribution in [2.45, 2.75) is 0 Å². The Kier molecular flexibility index (Phi) is 14.5. The summed E-state index contributed by atoms with van der Waals surface area (Å²) in [5, 5.41) is 36.5. The fourth-order valence-corrected chi connectivity index (χ4v) is 14.1. The van der Waals surface area contributed by atoms with E-state index in [1.807, 2.05) is 121 Å². The molecule has 14 aromatic carbocycles. The van der Waals surface area contributed by atoms with Crippen LogP contribution in [0.25, 0.3) is 167 Å². The topological polar surface area (TPSA) is 120 Å². The highest BCUT2D eigenvalue weighted by Crippen LogP contribution is 2.45. The molecule has 0 spiro atoms. The second-order valence-corrected chi connectivity index (χ2v) is 24.4. The normalized spacial score (nSPS) is 11.2. The van der Waals surface area contributed by atoms with E-state index in [1.165, 1.54) is 0 Å². The molecular weight excluding hydrogens is 1190 g/mol. The van der Waals surface area contributed by atoms with Gasteiger partial charge in [-0.25, -0.2) is 15.0 Å². The number of nitriles is 3. The lowest BCUT2D eigenvalue weighted by atomic mass is 9.95. The summed E-state index contributed by atoms with van der Waals surface area (Å²) in [5.41, 5.74) is 22.3. The smallest absolute Gasteiger partial charge is 0.166 e. The van der Waals surface area contributed by atoms with Crippen molar-refractivity contribution in [2.75, 3.05) is 0 Å². The SMILES string of the molecule is N#Cc1ccccc1-c1ccc(-n2c3ccc(-c4ccccc4)cc3c3cc(-c4ccccc4)ccc32)c(-c2nc(-c3ccccc3-c3ccccc3C#N)nc(-c3cc(-c4ccccc4C#N)ccc3-n3c4ccc(-c5ccccc5)cc4c4cc(-c5ccccc5)ccc43)n2)c1. The highest BCUT2D eigenvalue weighted by atomic mass is 15.1. The average molecular weight is 1250 g/mol. The molecular formula is C90H54N8. The van der Waals surface area contributed by atoms with Gasteiger partial charge in [0, 0.05) is 43.8 Å². The van der Waals surface area contributed by atoms with Gasteiger partial charge >= 0.3 is 0 Å². The highest BCUT2D eigenvalue weighted by molar-refractivity contribution is 6.14. The van der Waals surface area contributed by atoms with Crippen LogP contribution in [-0.4, -0.2) is 24.1 Å². The number of benzene rings is 14. The maximum atomic E-state index is 10.8. The van der Waals surface area contributed by atoms with Crippen molar-refractivity contribution in [1.82, 2.24) is 24.1 Å². The largest absolute Gasteiger partial charge is 0.308 e. The molecule has 0 radical (unpaired) electrons. The van der Waals surface area contributed by atoms with Gasteiger partial charge in [-0.1, -0.05) is 237 Å². The molecule has 0 aliphatic rings. The van der Waals surface area contributed by atoms with Crippen molar-refractivity contribution in [3.8, 4) is 142 Å². The molecule has 98 heavy (non-hydrogen) atoms. The molecule has 0 aliphatic heterocycles. The average Bonchev–Trinajstić information content (AvgIpc) is 1.77. The molecule has 0 aliphatic carbocycles. The molecule has 17 aromatic rings. The Hall–Kier alpha value is -13.8. The van der Waals surface area contributed by atoms with Gasteiger partial charge in [0.2, 0.25) is 0 Å². The number of rotatable bonds is 12. The zero-order valence-corrected chi connectivity index (χ0v) is 52.8. The Morgan fingerprint density at radius 2 is 0.469 bits per heavy atom. The fourth-order valence-electron chi connectivity index (χ4n) is 14.1. The number of nitrogens with zero attached hydrogens (tertiary/aromatic N) is 8. The van der Waals surface area contributed by atoms with Crippen molar-refractivity contribution in [1.29, 1.82) is 15.8 Å². The van der Waals surface area contributed by atoms with Crippen LogP contribution in [0.15, 0.2) is 328 Å². The standard InChI is InChI=1S/C90H54N8/c91-55-68-29-13-16-32-71(68)66-41-47-86(97-82-43-37-62(58-21-5-1-6-22-58)49-76(82)77-50-63(38-44-83(77)97)59-23-7-2-8-24-59)80(53-66)89-94-88(75-36-20-19-35-74(75)73-34-18-15-31-70(73)57-93)95-90(96-89)81-54-67(72-33-17-14-30-69(72)56-92)42-48-87(81)98-84-45-39-64(60-25-9-3-10-26-60)51-78(84)79-52-65(40-46-85(79)98)61-27-11-4-12-28-61/h1-54H. The van der Waals surface area contributed by atoms with Crippen molar-refractivity contribution in [2.24, 2.45) is 0 Å². The molecule has 8 nitrogen and oxygen atoms in total. The number of hydrogen-bond donors (Lipinski definition) is 0. The van der Waals surface area contributed by atoms with Crippen molar-refractivity contribution >= 4 is 43.6 Å². The first-order chi connectivity index (χ1) is 48.5. The van der Waals surface area contributed by atoms with Gasteiger partial charge in [0.25, 0.3) is 0 Å². The van der Waals surface area contributed by atoms with Crippen LogP contribution in [0.5, 0.6) is 0 Å². The lowest BCUT2D eigenvalue weighted by Gasteiger charge is -2.19. The van der Waals surface area contributed by atoms with Gasteiger partial charge < -0.3 is 9.13 Å². The molecule has 0 atom stereocenters. The van der Waals surface area contributed by atoms with Crippen molar-refractivity contribution in [3.63, 3.8) is 0 Å². The molecule has 0 saturated heterocycles. The molecule has 454 valence electrons. The number of hydrogen-bond acceptors (Lipinski definition) is 6. The van der Waals surface area contributed by atoms with Gasteiger partial charge in [-0.05, 0) is 163 Å². The molecule has 3 heterocycles. The predicted octanol–water partition coefficient (Wildman–Crippen LogP) is 22.4. The summed E-state index contributed by atoms with van der Waals surface area (Å²) >= 11 is 0. The van der Waals surface area contributed by atoms with E-state index in [0.717, 1.165) is 133 Å². The van der Waals surface area contributed by atoms with E-state index in [9.17, 15) is 15.8 Å². The minimum Gasteiger partial charge on any atom is -0.308 e. The first-order valence-corrected chi connectivity index (χ1v) is 32.5. The number of aromatic nitrogens is 5. The third-order valence-corrected chi connectivity index (χ3v) is 18.8. The molecule has 0 unspecified atom stereocenters. The van der Waals surface area contributed by atoms with Crippen LogP contribution in [0.3, 0.4) is 0 Å². The lowest BCUT2D eigenvalue weighted by Crippen LogP contribution is -2.06. The van der Waals surface area contributed by atoms with E-state index >= 15 is 0 Å². The Bertz CT molecular complexity index is 5630. The van der Waals surface area contributed by atoms with E-state index in [1.54, 1.807) is 0 Å². The van der Waals surface area contributed by atoms with E-state index < -0.39 is 0 Å². The van der Waals surface area contributed by atoms with Crippen LogP contribution in [0.1, 0.15) is 16.7 Å². The molecule has 8 heteroatoms. The molecule has 17 rings (SSSR count). The zero-order chi connectivity index (χ0) is 65.6. The van der Waals surface area contributed by atoms with Crippen LogP contribution in [0, 0.1) is 34.0 Å². The predicted molar refractivity (Wildman–Crippen MR) is 397 cm³/mol. The van der Waals surface area contributed by atoms with Crippen molar-refractivity contribution < 1.29 is 0 Å². The third kappa shape index (κ3) is 10.2. The first-order valence-electron chi connectivity index (χ1n) is 32.5. The van der Waals surface area contributed by atoms with Crippen LogP contribution in [0.2, 0.25) is 0 Å². The zero-order valence-electron chi connectivity index (χ0n) is 52.8. The molecule has 0 N–H and O–H groups in total. The van der Waals surface area contributed by atoms with Gasteiger partial charge in [0.1, 0.15) is 0 Å². The van der Waals surface area contributed by atoms with Gasteiger partial charge in [-0.2, -0.15) is 15.8 Å². The summed E-state index contributed by atoms with van der Waals surface area (Å²) in [6.07, 6.45) is 0. The molecule has 0 fully saturated rings. The van der Waals surface area contributed by atoms with Crippen LogP contribution >= 0.6 is 0 Å². The van der Waals surface area contributed by atoms with Gasteiger partial charge in [-0.3, -0.25) is 0 Å². The Morgan fingerprint density at radius 3 is 0.806 bits per heavy atom. The first kappa shape index (κ1) is 58.0. The summed E-state index contributed by atoms with van der Waals surface area (Å²) in [6.45, 7) is 0. The van der Waals surface area contributed by atoms with Crippen LogP contribution < -0.4 is 0 Å². The summed E-state index contributed by atoms with van der Waals surface area (Å²) in [7, 11) is 0. The van der Waals surface area contributed by atoms with Crippen LogP contribution in [-0.2, 0) is 0 Å². The molecule has 0 saturated carbocycles. The minimum absolute atomic E-state index is 0.354. The van der Waals surface area contributed by atoms with E-state index in [0.29, 0.717) is 50.9 Å². The maximum Gasteiger partial charge on any atom is 0.166 e. The number of fused-ring (bicyclic) bond motifs is 6. The molecule has 0 amide bonds. The molecule has 3 aromatic heterocycles. The van der Waals surface area contributed by atoms with Gasteiger partial charge in [0.05, 0.1) is 68.3 Å². The Morgan fingerprint density at radius 1 is 0.204 bits per heavy atom.